The smallest absolute Gasteiger partial charge is 0.262 e. The first kappa shape index (κ1) is 23.3. The molecule has 1 amide bonds. The standard InChI is InChI=1S/C20H26N2O7S2/c1-27-15-6-5-7-16(28-2)18(15)29-13-14(23)12-21-20(24)19-17(8-11-30-19)31(25,26)22-9-3-4-10-22/h5-8,11,14,23H,3-4,9-10,12-13H2,1-2H3,(H,21,24). The summed E-state index contributed by atoms with van der Waals surface area (Å²) in [4.78, 5) is 12.7. The van der Waals surface area contributed by atoms with E-state index in [0.29, 0.717) is 30.3 Å². The van der Waals surface area contributed by atoms with Gasteiger partial charge in [-0.3, -0.25) is 4.79 Å². The lowest BCUT2D eigenvalue weighted by atomic mass is 10.3. The summed E-state index contributed by atoms with van der Waals surface area (Å²) in [7, 11) is -0.717. The van der Waals surface area contributed by atoms with Crippen LogP contribution in [0.5, 0.6) is 17.2 Å². The topological polar surface area (TPSA) is 114 Å². The molecule has 0 radical (unpaired) electrons. The van der Waals surface area contributed by atoms with Crippen molar-refractivity contribution in [3.05, 3.63) is 34.5 Å². The van der Waals surface area contributed by atoms with E-state index in [1.54, 1.807) is 23.6 Å². The maximum absolute atomic E-state index is 12.8. The monoisotopic (exact) mass is 470 g/mol. The molecular weight excluding hydrogens is 444 g/mol. The van der Waals surface area contributed by atoms with Crippen LogP contribution in [0.25, 0.3) is 0 Å². The molecule has 1 saturated heterocycles. The van der Waals surface area contributed by atoms with Gasteiger partial charge in [0.1, 0.15) is 22.5 Å². The van der Waals surface area contributed by atoms with E-state index in [9.17, 15) is 18.3 Å². The predicted octanol–water partition coefficient (Wildman–Crippen LogP) is 1.72. The lowest BCUT2D eigenvalue weighted by Gasteiger charge is -2.17. The van der Waals surface area contributed by atoms with E-state index in [0.717, 1.165) is 24.2 Å². The average molecular weight is 471 g/mol. The van der Waals surface area contributed by atoms with Crippen molar-refractivity contribution in [2.24, 2.45) is 0 Å². The second kappa shape index (κ2) is 10.3. The summed E-state index contributed by atoms with van der Waals surface area (Å²) in [5.74, 6) is 0.689. The van der Waals surface area contributed by atoms with Crippen LogP contribution in [0.4, 0.5) is 0 Å². The van der Waals surface area contributed by atoms with Crippen LogP contribution in [0.15, 0.2) is 34.5 Å². The van der Waals surface area contributed by atoms with Crippen LogP contribution in [-0.2, 0) is 10.0 Å². The minimum atomic E-state index is -3.70. The Labute approximate surface area is 185 Å². The van der Waals surface area contributed by atoms with Gasteiger partial charge in [0.15, 0.2) is 11.5 Å². The largest absolute Gasteiger partial charge is 0.493 e. The lowest BCUT2D eigenvalue weighted by Crippen LogP contribution is -2.36. The molecule has 1 aliphatic rings. The number of para-hydroxylation sites is 1. The van der Waals surface area contributed by atoms with E-state index in [-0.39, 0.29) is 22.9 Å². The number of ether oxygens (including phenoxy) is 3. The summed E-state index contributed by atoms with van der Waals surface area (Å²) in [6.45, 7) is 0.682. The SMILES string of the molecule is COc1cccc(OC)c1OCC(O)CNC(=O)c1sccc1S(=O)(=O)N1CCCC1. The molecule has 11 heteroatoms. The molecule has 170 valence electrons. The summed E-state index contributed by atoms with van der Waals surface area (Å²) >= 11 is 1.05. The number of aliphatic hydroxyl groups is 1. The Bertz CT molecular complexity index is 978. The van der Waals surface area contributed by atoms with Crippen LogP contribution in [0, 0.1) is 0 Å². The van der Waals surface area contributed by atoms with E-state index < -0.39 is 22.0 Å². The van der Waals surface area contributed by atoms with Gasteiger partial charge in [-0.15, -0.1) is 11.3 Å². The zero-order chi connectivity index (χ0) is 22.4. The van der Waals surface area contributed by atoms with Gasteiger partial charge < -0.3 is 24.6 Å². The molecule has 3 rings (SSSR count). The number of sulfonamides is 1. The fourth-order valence-corrected chi connectivity index (χ4v) is 6.06. The molecule has 0 bridgehead atoms. The Morgan fingerprint density at radius 3 is 2.45 bits per heavy atom. The molecular formula is C20H26N2O7S2. The van der Waals surface area contributed by atoms with Gasteiger partial charge in [0.05, 0.1) is 14.2 Å². The highest BCUT2D eigenvalue weighted by Crippen LogP contribution is 2.36. The number of aliphatic hydroxyl groups excluding tert-OH is 1. The number of nitrogens with one attached hydrogen (secondary N) is 1. The number of hydrogen-bond donors (Lipinski definition) is 2. The van der Waals surface area contributed by atoms with Gasteiger partial charge in [-0.1, -0.05) is 6.07 Å². The first-order valence-corrected chi connectivity index (χ1v) is 12.1. The van der Waals surface area contributed by atoms with Gasteiger partial charge in [0.25, 0.3) is 5.91 Å². The Morgan fingerprint density at radius 1 is 1.19 bits per heavy atom. The third-order valence-corrected chi connectivity index (χ3v) is 7.80. The quantitative estimate of drug-likeness (QED) is 0.543. The molecule has 1 aromatic carbocycles. The van der Waals surface area contributed by atoms with E-state index in [4.69, 9.17) is 14.2 Å². The number of methoxy groups -OCH3 is 2. The summed E-state index contributed by atoms with van der Waals surface area (Å²) < 4.78 is 43.1. The Hall–Kier alpha value is -2.34. The first-order valence-electron chi connectivity index (χ1n) is 9.76. The van der Waals surface area contributed by atoms with Crippen molar-refractivity contribution in [2.45, 2.75) is 23.8 Å². The second-order valence-electron chi connectivity index (χ2n) is 6.89. The van der Waals surface area contributed by atoms with Crippen LogP contribution in [0.3, 0.4) is 0 Å². The van der Waals surface area contributed by atoms with Gasteiger partial charge in [-0.2, -0.15) is 4.31 Å². The van der Waals surface area contributed by atoms with Gasteiger partial charge in [-0.25, -0.2) is 8.42 Å². The van der Waals surface area contributed by atoms with Gasteiger partial charge in [0, 0.05) is 19.6 Å². The van der Waals surface area contributed by atoms with Crippen LogP contribution >= 0.6 is 11.3 Å². The van der Waals surface area contributed by atoms with Crippen molar-refractivity contribution in [2.75, 3.05) is 40.5 Å². The molecule has 2 N–H and O–H groups in total. The lowest BCUT2D eigenvalue weighted by molar-refractivity contribution is 0.0834. The zero-order valence-corrected chi connectivity index (χ0v) is 19.0. The van der Waals surface area contributed by atoms with Crippen LogP contribution in [-0.4, -0.2) is 70.3 Å². The molecule has 1 unspecified atom stereocenters. The van der Waals surface area contributed by atoms with Gasteiger partial charge in [0.2, 0.25) is 15.8 Å². The number of carbonyl (C=O) groups is 1. The number of carbonyl (C=O) groups excluding carboxylic acids is 1. The normalized spacial score (nSPS) is 15.5. The highest BCUT2D eigenvalue weighted by atomic mass is 32.2. The molecule has 1 aliphatic heterocycles. The maximum atomic E-state index is 12.8. The molecule has 9 nitrogen and oxygen atoms in total. The van der Waals surface area contributed by atoms with Gasteiger partial charge >= 0.3 is 0 Å². The number of rotatable bonds is 10. The predicted molar refractivity (Wildman–Crippen MR) is 116 cm³/mol. The maximum Gasteiger partial charge on any atom is 0.262 e. The molecule has 0 spiro atoms. The molecule has 2 heterocycles. The Morgan fingerprint density at radius 2 is 1.84 bits per heavy atom. The number of thiophene rings is 1. The van der Waals surface area contributed by atoms with Crippen molar-refractivity contribution >= 4 is 27.3 Å². The minimum absolute atomic E-state index is 0.00129. The third-order valence-electron chi connectivity index (χ3n) is 4.82. The number of amides is 1. The van der Waals surface area contributed by atoms with Crippen LogP contribution in [0.1, 0.15) is 22.5 Å². The fourth-order valence-electron chi connectivity index (χ4n) is 3.22. The van der Waals surface area contributed by atoms with E-state index in [1.165, 1.54) is 24.6 Å². The molecule has 31 heavy (non-hydrogen) atoms. The summed E-state index contributed by atoms with van der Waals surface area (Å²) in [5.41, 5.74) is 0. The van der Waals surface area contributed by atoms with E-state index >= 15 is 0 Å². The van der Waals surface area contributed by atoms with Crippen molar-refractivity contribution in [3.8, 4) is 17.2 Å². The summed E-state index contributed by atoms with van der Waals surface area (Å²) in [5, 5.41) is 14.4. The molecule has 1 fully saturated rings. The number of benzene rings is 1. The molecule has 0 saturated carbocycles. The second-order valence-corrected chi connectivity index (χ2v) is 9.71. The number of nitrogens with zero attached hydrogens (tertiary/aromatic N) is 1. The molecule has 0 aliphatic carbocycles. The highest BCUT2D eigenvalue weighted by molar-refractivity contribution is 7.89. The Balaban J connectivity index is 1.59. The highest BCUT2D eigenvalue weighted by Gasteiger charge is 2.31. The van der Waals surface area contributed by atoms with Crippen molar-refractivity contribution in [1.82, 2.24) is 9.62 Å². The summed E-state index contributed by atoms with van der Waals surface area (Å²) in [6, 6.07) is 6.59. The van der Waals surface area contributed by atoms with E-state index in [2.05, 4.69) is 5.32 Å². The van der Waals surface area contributed by atoms with Gasteiger partial charge in [-0.05, 0) is 36.4 Å². The zero-order valence-electron chi connectivity index (χ0n) is 17.4. The van der Waals surface area contributed by atoms with Crippen LogP contribution in [0.2, 0.25) is 0 Å². The summed E-state index contributed by atoms with van der Waals surface area (Å²) in [6.07, 6.45) is 0.597. The van der Waals surface area contributed by atoms with E-state index in [1.807, 2.05) is 0 Å². The number of hydrogen-bond acceptors (Lipinski definition) is 8. The average Bonchev–Trinajstić information content (AvgIpc) is 3.48. The van der Waals surface area contributed by atoms with Crippen molar-refractivity contribution < 1.29 is 32.5 Å². The Kier molecular flexibility index (Phi) is 7.76. The molecule has 1 aromatic heterocycles. The van der Waals surface area contributed by atoms with Crippen molar-refractivity contribution in [1.29, 1.82) is 0 Å². The van der Waals surface area contributed by atoms with Crippen molar-refractivity contribution in [3.63, 3.8) is 0 Å². The fraction of sp³-hybridized carbons (Fsp3) is 0.450. The van der Waals surface area contributed by atoms with Crippen LogP contribution < -0.4 is 19.5 Å². The molecule has 2 aromatic rings. The first-order chi connectivity index (χ1) is 14.9. The minimum Gasteiger partial charge on any atom is -0.493 e. The molecule has 1 atom stereocenters. The third kappa shape index (κ3) is 5.29.